The van der Waals surface area contributed by atoms with Crippen LogP contribution in [0, 0.1) is 22.9 Å². The first-order chi connectivity index (χ1) is 19.0. The monoisotopic (exact) mass is 575 g/mol. The number of sulfonamides is 1. The number of nitro benzene ring substituents is 1. The van der Waals surface area contributed by atoms with Crippen LogP contribution in [0.15, 0.2) is 47.4 Å². The molecule has 1 aliphatic heterocycles. The van der Waals surface area contributed by atoms with E-state index in [1.54, 1.807) is 20.8 Å². The van der Waals surface area contributed by atoms with Crippen LogP contribution in [-0.4, -0.2) is 54.3 Å². The lowest BCUT2D eigenvalue weighted by atomic mass is 10.2. The van der Waals surface area contributed by atoms with Gasteiger partial charge in [-0.3, -0.25) is 14.9 Å². The van der Waals surface area contributed by atoms with Crippen LogP contribution in [0.25, 0.3) is 5.69 Å². The van der Waals surface area contributed by atoms with Crippen molar-refractivity contribution in [2.45, 2.75) is 57.1 Å². The van der Waals surface area contributed by atoms with Crippen molar-refractivity contribution in [1.82, 2.24) is 19.8 Å². The number of halogens is 1. The van der Waals surface area contributed by atoms with Gasteiger partial charge < -0.3 is 14.8 Å². The largest absolute Gasteiger partial charge is 0.437 e. The third-order valence-corrected chi connectivity index (χ3v) is 8.08. The number of rotatable bonds is 11. The second kappa shape index (κ2) is 12.1. The highest BCUT2D eigenvalue weighted by Gasteiger charge is 2.29. The standard InChI is InChI=1S/C26H30FN5O7S/c1-4-16(2)30-40(36,37)23-14-20(32(34)35)11-12-22(23)39-26-17(3)24(25(33)28-15-21-6-5-13-38-21)29-31(26)19-9-7-18(27)8-10-19/h7-12,14,16,21,30H,4-6,13,15H2,1-3H3,(H,28,33). The van der Waals surface area contributed by atoms with Crippen molar-refractivity contribution in [3.63, 3.8) is 0 Å². The zero-order valence-corrected chi connectivity index (χ0v) is 23.0. The van der Waals surface area contributed by atoms with Crippen LogP contribution in [0.4, 0.5) is 10.1 Å². The second-order valence-electron chi connectivity index (χ2n) is 9.43. The van der Waals surface area contributed by atoms with Gasteiger partial charge in [-0.05, 0) is 63.4 Å². The third kappa shape index (κ3) is 6.46. The Hall–Kier alpha value is -3.88. The minimum atomic E-state index is -4.25. The molecule has 2 unspecified atom stereocenters. The van der Waals surface area contributed by atoms with Crippen LogP contribution in [-0.2, 0) is 14.8 Å². The number of nitrogens with zero attached hydrogens (tertiary/aromatic N) is 3. The highest BCUT2D eigenvalue weighted by molar-refractivity contribution is 7.89. The Morgan fingerprint density at radius 3 is 2.65 bits per heavy atom. The van der Waals surface area contributed by atoms with Crippen molar-refractivity contribution < 1.29 is 32.0 Å². The lowest BCUT2D eigenvalue weighted by Crippen LogP contribution is -2.32. The molecule has 1 saturated heterocycles. The number of carbonyl (C=O) groups excluding carboxylic acids is 1. The van der Waals surface area contributed by atoms with Gasteiger partial charge in [-0.1, -0.05) is 6.92 Å². The average molecular weight is 576 g/mol. The molecule has 14 heteroatoms. The van der Waals surface area contributed by atoms with Gasteiger partial charge in [0, 0.05) is 36.9 Å². The summed E-state index contributed by atoms with van der Waals surface area (Å²) in [6, 6.07) is 7.96. The van der Waals surface area contributed by atoms with Crippen molar-refractivity contribution in [3.8, 4) is 17.3 Å². The zero-order chi connectivity index (χ0) is 29.0. The number of nitro groups is 1. The van der Waals surface area contributed by atoms with Gasteiger partial charge in [0.05, 0.1) is 16.7 Å². The van der Waals surface area contributed by atoms with E-state index in [1.807, 2.05) is 0 Å². The molecule has 1 aliphatic rings. The van der Waals surface area contributed by atoms with E-state index in [0.29, 0.717) is 18.7 Å². The number of carbonyl (C=O) groups is 1. The first-order valence-electron chi connectivity index (χ1n) is 12.7. The minimum Gasteiger partial charge on any atom is -0.437 e. The molecule has 2 aromatic carbocycles. The summed E-state index contributed by atoms with van der Waals surface area (Å²) in [5.41, 5.74) is 0.156. The van der Waals surface area contributed by atoms with Crippen LogP contribution < -0.4 is 14.8 Å². The van der Waals surface area contributed by atoms with E-state index >= 15 is 0 Å². The van der Waals surface area contributed by atoms with Crippen molar-refractivity contribution >= 4 is 21.6 Å². The SMILES string of the molecule is CCC(C)NS(=O)(=O)c1cc([N+](=O)[O-])ccc1Oc1c(C)c(C(=O)NCC2CCCO2)nn1-c1ccc(F)cc1. The predicted molar refractivity (Wildman–Crippen MR) is 143 cm³/mol. The Labute approximate surface area is 230 Å². The topological polar surface area (TPSA) is 155 Å². The number of hydrogen-bond donors (Lipinski definition) is 2. The summed E-state index contributed by atoms with van der Waals surface area (Å²) in [6.45, 7) is 5.92. The van der Waals surface area contributed by atoms with Gasteiger partial charge in [0.25, 0.3) is 11.6 Å². The normalized spacial score (nSPS) is 16.1. The molecular formula is C26H30FN5O7S. The van der Waals surface area contributed by atoms with Crippen molar-refractivity contribution in [3.05, 3.63) is 69.7 Å². The predicted octanol–water partition coefficient (Wildman–Crippen LogP) is 4.01. The summed E-state index contributed by atoms with van der Waals surface area (Å²) in [5.74, 6) is -1.25. The lowest BCUT2D eigenvalue weighted by molar-refractivity contribution is -0.385. The molecular weight excluding hydrogens is 545 g/mol. The molecule has 0 saturated carbocycles. The molecule has 0 bridgehead atoms. The number of amides is 1. The van der Waals surface area contributed by atoms with E-state index in [0.717, 1.165) is 25.0 Å². The Bertz CT molecular complexity index is 1500. The van der Waals surface area contributed by atoms with Crippen molar-refractivity contribution in [2.75, 3.05) is 13.2 Å². The fourth-order valence-electron chi connectivity index (χ4n) is 4.09. The van der Waals surface area contributed by atoms with Gasteiger partial charge in [-0.15, -0.1) is 0 Å². The Morgan fingerprint density at radius 2 is 2.02 bits per heavy atom. The maximum atomic E-state index is 13.7. The summed E-state index contributed by atoms with van der Waals surface area (Å²) in [6.07, 6.45) is 2.10. The van der Waals surface area contributed by atoms with Crippen molar-refractivity contribution in [1.29, 1.82) is 0 Å². The fraction of sp³-hybridized carbons (Fsp3) is 0.385. The van der Waals surface area contributed by atoms with Crippen molar-refractivity contribution in [2.24, 2.45) is 0 Å². The first-order valence-corrected chi connectivity index (χ1v) is 14.2. The maximum Gasteiger partial charge on any atom is 0.272 e. The Kier molecular flexibility index (Phi) is 8.81. The molecule has 1 fully saturated rings. The molecule has 1 aromatic heterocycles. The molecule has 2 heterocycles. The molecule has 0 aliphatic carbocycles. The number of benzene rings is 2. The van der Waals surface area contributed by atoms with Crippen LogP contribution in [0.2, 0.25) is 0 Å². The molecule has 12 nitrogen and oxygen atoms in total. The molecule has 1 amide bonds. The van der Waals surface area contributed by atoms with Crippen LogP contribution in [0.1, 0.15) is 49.2 Å². The molecule has 0 radical (unpaired) electrons. The van der Waals surface area contributed by atoms with E-state index < -0.39 is 43.3 Å². The second-order valence-corrected chi connectivity index (χ2v) is 11.1. The van der Waals surface area contributed by atoms with Gasteiger partial charge in [0.15, 0.2) is 5.69 Å². The molecule has 4 rings (SSSR count). The highest BCUT2D eigenvalue weighted by Crippen LogP contribution is 2.36. The molecule has 40 heavy (non-hydrogen) atoms. The van der Waals surface area contributed by atoms with Gasteiger partial charge in [-0.2, -0.15) is 9.78 Å². The molecule has 0 spiro atoms. The fourth-order valence-corrected chi connectivity index (χ4v) is 5.56. The Morgan fingerprint density at radius 1 is 1.30 bits per heavy atom. The molecule has 2 atom stereocenters. The van der Waals surface area contributed by atoms with Gasteiger partial charge >= 0.3 is 0 Å². The Balaban J connectivity index is 1.78. The summed E-state index contributed by atoms with van der Waals surface area (Å²) < 4.78 is 55.5. The maximum absolute atomic E-state index is 13.7. The van der Waals surface area contributed by atoms with E-state index in [4.69, 9.17) is 9.47 Å². The minimum absolute atomic E-state index is 0.00127. The summed E-state index contributed by atoms with van der Waals surface area (Å²) in [4.78, 5) is 23.4. The smallest absolute Gasteiger partial charge is 0.272 e. The molecule has 2 N–H and O–H groups in total. The highest BCUT2D eigenvalue weighted by atomic mass is 32.2. The van der Waals surface area contributed by atoms with E-state index in [-0.39, 0.29) is 35.5 Å². The van der Waals surface area contributed by atoms with Gasteiger partial charge in [-0.25, -0.2) is 17.5 Å². The molecule has 214 valence electrons. The third-order valence-electron chi connectivity index (χ3n) is 6.47. The van der Waals surface area contributed by atoms with Crippen LogP contribution in [0.3, 0.4) is 0 Å². The lowest BCUT2D eigenvalue weighted by Gasteiger charge is -2.16. The number of nitrogens with one attached hydrogen (secondary N) is 2. The van der Waals surface area contributed by atoms with E-state index in [2.05, 4.69) is 15.1 Å². The van der Waals surface area contributed by atoms with Gasteiger partial charge in [0.1, 0.15) is 16.5 Å². The van der Waals surface area contributed by atoms with Crippen LogP contribution in [0.5, 0.6) is 11.6 Å². The summed E-state index contributed by atoms with van der Waals surface area (Å²) in [7, 11) is -4.25. The van der Waals surface area contributed by atoms with E-state index in [1.165, 1.54) is 35.0 Å². The number of hydrogen-bond acceptors (Lipinski definition) is 8. The quantitative estimate of drug-likeness (QED) is 0.257. The number of ether oxygens (including phenoxy) is 2. The summed E-state index contributed by atoms with van der Waals surface area (Å²) >= 11 is 0. The van der Waals surface area contributed by atoms with Gasteiger partial charge in [0.2, 0.25) is 15.9 Å². The number of non-ortho nitro benzene ring substituents is 1. The average Bonchev–Trinajstić information content (AvgIpc) is 3.56. The zero-order valence-electron chi connectivity index (χ0n) is 22.2. The van der Waals surface area contributed by atoms with Crippen LogP contribution >= 0.6 is 0 Å². The first kappa shape index (κ1) is 29.1. The molecule has 3 aromatic rings. The summed E-state index contributed by atoms with van der Waals surface area (Å²) in [5, 5.41) is 18.6. The van der Waals surface area contributed by atoms with E-state index in [9.17, 15) is 27.7 Å². The number of aromatic nitrogens is 2.